The Balaban J connectivity index is 2.49. The van der Waals surface area contributed by atoms with Crippen LogP contribution in [-0.2, 0) is 14.3 Å². The van der Waals surface area contributed by atoms with Gasteiger partial charge in [-0.3, -0.25) is 5.32 Å². The molecule has 0 aliphatic carbocycles. The van der Waals surface area contributed by atoms with Crippen LogP contribution >= 0.6 is 0 Å². The number of ether oxygens (including phenoxy) is 2. The highest BCUT2D eigenvalue weighted by atomic mass is 16.5. The van der Waals surface area contributed by atoms with Crippen LogP contribution in [0.15, 0.2) is 5.11 Å². The van der Waals surface area contributed by atoms with E-state index in [1.807, 2.05) is 0 Å². The van der Waals surface area contributed by atoms with Gasteiger partial charge < -0.3 is 9.47 Å². The van der Waals surface area contributed by atoms with Crippen LogP contribution in [-0.4, -0.2) is 44.4 Å². The van der Waals surface area contributed by atoms with Crippen LogP contribution in [0.2, 0.25) is 0 Å². The summed E-state index contributed by atoms with van der Waals surface area (Å²) in [7, 11) is 0. The summed E-state index contributed by atoms with van der Waals surface area (Å²) in [6, 6.07) is 0. The van der Waals surface area contributed by atoms with E-state index in [2.05, 4.69) is 15.3 Å². The number of nitrogens with one attached hydrogen (secondary N) is 1. The molecule has 1 rings (SSSR count). The summed E-state index contributed by atoms with van der Waals surface area (Å²) in [4.78, 5) is 14.7. The number of rotatable bonds is 7. The lowest BCUT2D eigenvalue weighted by Gasteiger charge is -2.35. The molecule has 1 aliphatic heterocycles. The molecule has 0 aromatic rings. The molecule has 18 heavy (non-hydrogen) atoms. The first-order valence-corrected chi connectivity index (χ1v) is 6.26. The Kier molecular flexibility index (Phi) is 6.49. The number of hydrogen-bond acceptors (Lipinski definition) is 5. The van der Waals surface area contributed by atoms with E-state index in [0.717, 1.165) is 6.42 Å². The Morgan fingerprint density at radius 2 is 2.50 bits per heavy atom. The van der Waals surface area contributed by atoms with E-state index < -0.39 is 5.54 Å². The largest absolute Gasteiger partial charge is 0.465 e. The average molecular weight is 256 g/mol. The maximum Gasteiger partial charge on any atom is 0.328 e. The molecule has 0 aromatic heterocycles. The van der Waals surface area contributed by atoms with Gasteiger partial charge in [-0.25, -0.2) is 4.79 Å². The summed E-state index contributed by atoms with van der Waals surface area (Å²) < 4.78 is 10.5. The monoisotopic (exact) mass is 256 g/mol. The van der Waals surface area contributed by atoms with Crippen LogP contribution in [0.1, 0.15) is 26.2 Å². The van der Waals surface area contributed by atoms with Crippen LogP contribution in [0.25, 0.3) is 10.4 Å². The van der Waals surface area contributed by atoms with Gasteiger partial charge in [-0.05, 0) is 38.3 Å². The highest BCUT2D eigenvalue weighted by molar-refractivity contribution is 5.81. The lowest BCUT2D eigenvalue weighted by atomic mass is 9.92. The van der Waals surface area contributed by atoms with Crippen LogP contribution in [0, 0.1) is 0 Å². The molecule has 7 heteroatoms. The molecule has 0 aromatic carbocycles. The second-order valence-corrected chi connectivity index (χ2v) is 4.19. The highest BCUT2D eigenvalue weighted by Gasteiger charge is 2.41. The van der Waals surface area contributed by atoms with Gasteiger partial charge in [0.05, 0.1) is 13.2 Å². The quantitative estimate of drug-likeness (QED) is 0.245. The zero-order valence-corrected chi connectivity index (χ0v) is 10.7. The number of azide groups is 1. The molecule has 0 bridgehead atoms. The Hall–Kier alpha value is -1.30. The Labute approximate surface area is 106 Å². The van der Waals surface area contributed by atoms with Gasteiger partial charge in [0.2, 0.25) is 0 Å². The second-order valence-electron chi connectivity index (χ2n) is 4.19. The Morgan fingerprint density at radius 1 is 1.67 bits per heavy atom. The molecule has 0 saturated carbocycles. The van der Waals surface area contributed by atoms with E-state index in [9.17, 15) is 4.79 Å². The molecule has 1 atom stereocenters. The third-order valence-electron chi connectivity index (χ3n) is 2.87. The lowest BCUT2D eigenvalue weighted by molar-refractivity contribution is -0.157. The van der Waals surface area contributed by atoms with Crippen LogP contribution < -0.4 is 5.32 Å². The Bertz CT molecular complexity index is 309. The molecule has 1 unspecified atom stereocenters. The number of hydrogen-bond donors (Lipinski definition) is 1. The number of nitrogens with zero attached hydrogens (tertiary/aromatic N) is 3. The van der Waals surface area contributed by atoms with E-state index in [-0.39, 0.29) is 5.97 Å². The van der Waals surface area contributed by atoms with Gasteiger partial charge in [-0.15, -0.1) is 0 Å². The molecular formula is C11H20N4O3. The molecule has 1 fully saturated rings. The van der Waals surface area contributed by atoms with E-state index in [4.69, 9.17) is 15.0 Å². The predicted octanol–water partition coefficient (Wildman–Crippen LogP) is 1.39. The van der Waals surface area contributed by atoms with Crippen molar-refractivity contribution < 1.29 is 14.3 Å². The summed E-state index contributed by atoms with van der Waals surface area (Å²) in [6.45, 7) is 4.19. The Morgan fingerprint density at radius 3 is 3.11 bits per heavy atom. The minimum absolute atomic E-state index is 0.256. The first kappa shape index (κ1) is 14.8. The predicted molar refractivity (Wildman–Crippen MR) is 66.0 cm³/mol. The normalized spacial score (nSPS) is 23.2. The molecule has 0 radical (unpaired) electrons. The number of carbonyl (C=O) groups is 1. The molecule has 1 saturated heterocycles. The van der Waals surface area contributed by atoms with Crippen molar-refractivity contribution in [3.8, 4) is 0 Å². The smallest absolute Gasteiger partial charge is 0.328 e. The van der Waals surface area contributed by atoms with Gasteiger partial charge in [0.1, 0.15) is 5.54 Å². The summed E-state index contributed by atoms with van der Waals surface area (Å²) in [5.74, 6) is -0.256. The van der Waals surface area contributed by atoms with Crippen LogP contribution in [0.4, 0.5) is 0 Å². The molecule has 0 amide bonds. The molecule has 1 heterocycles. The minimum atomic E-state index is -0.732. The van der Waals surface area contributed by atoms with Crippen molar-refractivity contribution >= 4 is 5.97 Å². The molecule has 7 nitrogen and oxygen atoms in total. The SMILES string of the molecule is CCOC(=O)C1(NCCCN=[N+]=[N-])CCCOC1. The molecule has 102 valence electrons. The van der Waals surface area contributed by atoms with Crippen molar-refractivity contribution in [2.75, 3.05) is 32.9 Å². The summed E-state index contributed by atoms with van der Waals surface area (Å²) in [5.41, 5.74) is 7.44. The maximum atomic E-state index is 12.0. The highest BCUT2D eigenvalue weighted by Crippen LogP contribution is 2.21. The van der Waals surface area contributed by atoms with E-state index >= 15 is 0 Å². The van der Waals surface area contributed by atoms with Crippen molar-refractivity contribution in [1.82, 2.24) is 5.32 Å². The first-order chi connectivity index (χ1) is 8.75. The van der Waals surface area contributed by atoms with Gasteiger partial charge in [0.25, 0.3) is 0 Å². The summed E-state index contributed by atoms with van der Waals surface area (Å²) in [6.07, 6.45) is 2.24. The zero-order valence-electron chi connectivity index (χ0n) is 10.7. The molecule has 0 spiro atoms. The number of carbonyl (C=O) groups excluding carboxylic acids is 1. The second kappa shape index (κ2) is 7.92. The minimum Gasteiger partial charge on any atom is -0.465 e. The van der Waals surface area contributed by atoms with Gasteiger partial charge in [-0.2, -0.15) is 0 Å². The van der Waals surface area contributed by atoms with E-state index in [1.165, 1.54) is 0 Å². The first-order valence-electron chi connectivity index (χ1n) is 6.26. The van der Waals surface area contributed by atoms with E-state index in [1.54, 1.807) is 6.92 Å². The topological polar surface area (TPSA) is 96.3 Å². The van der Waals surface area contributed by atoms with Crippen molar-refractivity contribution in [3.05, 3.63) is 10.4 Å². The fourth-order valence-electron chi connectivity index (χ4n) is 1.96. The molecule has 1 aliphatic rings. The maximum absolute atomic E-state index is 12.0. The average Bonchev–Trinajstić information content (AvgIpc) is 2.40. The summed E-state index contributed by atoms with van der Waals surface area (Å²) in [5, 5.41) is 6.65. The van der Waals surface area contributed by atoms with Gasteiger partial charge >= 0.3 is 5.97 Å². The third kappa shape index (κ3) is 4.18. The van der Waals surface area contributed by atoms with Crippen molar-refractivity contribution in [3.63, 3.8) is 0 Å². The van der Waals surface area contributed by atoms with Crippen molar-refractivity contribution in [2.24, 2.45) is 5.11 Å². The van der Waals surface area contributed by atoms with Gasteiger partial charge in [0, 0.05) is 18.1 Å². The lowest BCUT2D eigenvalue weighted by Crippen LogP contribution is -2.58. The fraction of sp³-hybridized carbons (Fsp3) is 0.909. The molecule has 1 N–H and O–H groups in total. The van der Waals surface area contributed by atoms with Crippen molar-refractivity contribution in [2.45, 2.75) is 31.7 Å². The van der Waals surface area contributed by atoms with Gasteiger partial charge in [0.15, 0.2) is 0 Å². The molecular weight excluding hydrogens is 236 g/mol. The number of esters is 1. The van der Waals surface area contributed by atoms with E-state index in [0.29, 0.717) is 45.8 Å². The fourth-order valence-corrected chi connectivity index (χ4v) is 1.96. The van der Waals surface area contributed by atoms with Crippen LogP contribution in [0.5, 0.6) is 0 Å². The standard InChI is InChI=1S/C11H20N4O3/c1-2-18-10(16)11(5-3-8-17-9-11)13-6-4-7-14-15-12/h13H,2-9H2,1H3. The van der Waals surface area contributed by atoms with Crippen molar-refractivity contribution in [1.29, 1.82) is 0 Å². The zero-order chi connectivity index (χ0) is 13.3. The summed E-state index contributed by atoms with van der Waals surface area (Å²) >= 11 is 0. The van der Waals surface area contributed by atoms with Crippen LogP contribution in [0.3, 0.4) is 0 Å². The third-order valence-corrected chi connectivity index (χ3v) is 2.87. The van der Waals surface area contributed by atoms with Gasteiger partial charge in [-0.1, -0.05) is 5.11 Å².